The maximum atomic E-state index is 6.22. The number of benzene rings is 2. The molecule has 4 nitrogen and oxygen atoms in total. The maximum absolute atomic E-state index is 6.22. The topological polar surface area (TPSA) is 53.1 Å². The van der Waals surface area contributed by atoms with Crippen LogP contribution in [0.3, 0.4) is 0 Å². The fraction of sp³-hybridized carbons (Fsp3) is 0.118. The molecule has 1 heterocycles. The number of hydrogen-bond donors (Lipinski definition) is 1. The average molecular weight is 279 g/mol. The Bertz CT molecular complexity index is 718. The van der Waals surface area contributed by atoms with E-state index >= 15 is 0 Å². The van der Waals surface area contributed by atoms with E-state index < -0.39 is 0 Å². The number of ether oxygens (including phenoxy) is 1. The summed E-state index contributed by atoms with van der Waals surface area (Å²) in [7, 11) is 1.66. The van der Waals surface area contributed by atoms with Gasteiger partial charge in [-0.2, -0.15) is 5.10 Å². The summed E-state index contributed by atoms with van der Waals surface area (Å²) in [5, 5.41) is 4.38. The van der Waals surface area contributed by atoms with Crippen molar-refractivity contribution in [3.8, 4) is 11.4 Å². The van der Waals surface area contributed by atoms with Crippen molar-refractivity contribution in [1.29, 1.82) is 0 Å². The molecule has 0 aliphatic carbocycles. The molecule has 4 heteroatoms. The fourth-order valence-electron chi connectivity index (χ4n) is 2.27. The van der Waals surface area contributed by atoms with E-state index in [4.69, 9.17) is 10.5 Å². The number of para-hydroxylation sites is 1. The van der Waals surface area contributed by atoms with Crippen LogP contribution >= 0.6 is 0 Å². The fourth-order valence-corrected chi connectivity index (χ4v) is 2.27. The Labute approximate surface area is 123 Å². The number of nitrogens with two attached hydrogens (primary N) is 1. The number of nitrogens with zero attached hydrogens (tertiary/aromatic N) is 2. The van der Waals surface area contributed by atoms with Crippen LogP contribution < -0.4 is 10.5 Å². The summed E-state index contributed by atoms with van der Waals surface area (Å²) < 4.78 is 6.93. The molecule has 3 aromatic rings. The number of methoxy groups -OCH3 is 1. The van der Waals surface area contributed by atoms with Gasteiger partial charge in [0.2, 0.25) is 0 Å². The highest BCUT2D eigenvalue weighted by Crippen LogP contribution is 2.21. The minimum atomic E-state index is 0.678. The third kappa shape index (κ3) is 2.74. The smallest absolute Gasteiger partial charge is 0.130 e. The zero-order valence-electron chi connectivity index (χ0n) is 11.9. The highest BCUT2D eigenvalue weighted by molar-refractivity contribution is 5.48. The molecule has 0 fully saturated rings. The van der Waals surface area contributed by atoms with Crippen molar-refractivity contribution in [3.05, 3.63) is 71.9 Å². The Morgan fingerprint density at radius 3 is 2.43 bits per heavy atom. The van der Waals surface area contributed by atoms with Crippen LogP contribution in [0.4, 0.5) is 5.82 Å². The maximum Gasteiger partial charge on any atom is 0.130 e. The molecular formula is C17H17N3O. The van der Waals surface area contributed by atoms with Crippen LogP contribution in [0.5, 0.6) is 5.75 Å². The minimum absolute atomic E-state index is 0.678. The zero-order chi connectivity index (χ0) is 14.7. The second-order valence-corrected chi connectivity index (χ2v) is 4.83. The van der Waals surface area contributed by atoms with E-state index in [0.29, 0.717) is 5.82 Å². The highest BCUT2D eigenvalue weighted by atomic mass is 16.5. The van der Waals surface area contributed by atoms with Gasteiger partial charge in [0, 0.05) is 12.0 Å². The van der Waals surface area contributed by atoms with Crippen LogP contribution in [0.25, 0.3) is 5.69 Å². The van der Waals surface area contributed by atoms with Gasteiger partial charge in [-0.05, 0) is 29.8 Å². The average Bonchev–Trinajstić information content (AvgIpc) is 2.90. The van der Waals surface area contributed by atoms with Gasteiger partial charge >= 0.3 is 0 Å². The van der Waals surface area contributed by atoms with E-state index in [1.54, 1.807) is 11.8 Å². The zero-order valence-corrected chi connectivity index (χ0v) is 11.9. The minimum Gasteiger partial charge on any atom is -0.497 e. The lowest BCUT2D eigenvalue weighted by Gasteiger charge is -2.06. The second-order valence-electron chi connectivity index (χ2n) is 4.83. The Morgan fingerprint density at radius 2 is 1.76 bits per heavy atom. The van der Waals surface area contributed by atoms with Gasteiger partial charge < -0.3 is 10.5 Å². The predicted molar refractivity (Wildman–Crippen MR) is 83.8 cm³/mol. The summed E-state index contributed by atoms with van der Waals surface area (Å²) in [5.74, 6) is 1.53. The molecule has 0 aliphatic rings. The number of aromatic nitrogens is 2. The van der Waals surface area contributed by atoms with Crippen molar-refractivity contribution in [2.24, 2.45) is 0 Å². The van der Waals surface area contributed by atoms with Gasteiger partial charge in [-0.25, -0.2) is 4.68 Å². The first kappa shape index (κ1) is 13.2. The van der Waals surface area contributed by atoms with E-state index in [1.165, 1.54) is 5.56 Å². The van der Waals surface area contributed by atoms with Gasteiger partial charge in [-0.1, -0.05) is 30.3 Å². The molecule has 106 valence electrons. The van der Waals surface area contributed by atoms with Crippen molar-refractivity contribution in [2.75, 3.05) is 12.8 Å². The summed E-state index contributed by atoms with van der Waals surface area (Å²) in [4.78, 5) is 0. The summed E-state index contributed by atoms with van der Waals surface area (Å²) in [6, 6.07) is 17.9. The number of nitrogen functional groups attached to an aromatic ring is 1. The third-order valence-electron chi connectivity index (χ3n) is 3.44. The third-order valence-corrected chi connectivity index (χ3v) is 3.44. The van der Waals surface area contributed by atoms with Crippen LogP contribution in [0.15, 0.2) is 60.8 Å². The van der Waals surface area contributed by atoms with Crippen molar-refractivity contribution < 1.29 is 4.74 Å². The normalized spacial score (nSPS) is 10.5. The van der Waals surface area contributed by atoms with Crippen LogP contribution in [-0.4, -0.2) is 16.9 Å². The molecule has 21 heavy (non-hydrogen) atoms. The Morgan fingerprint density at radius 1 is 1.05 bits per heavy atom. The van der Waals surface area contributed by atoms with Gasteiger partial charge in [0.1, 0.15) is 11.6 Å². The summed E-state index contributed by atoms with van der Waals surface area (Å²) in [5.41, 5.74) is 9.38. The van der Waals surface area contributed by atoms with Gasteiger partial charge in [0.05, 0.1) is 19.0 Å². The largest absolute Gasteiger partial charge is 0.497 e. The van der Waals surface area contributed by atoms with Crippen LogP contribution in [0.2, 0.25) is 0 Å². The molecule has 0 bridgehead atoms. The number of hydrogen-bond acceptors (Lipinski definition) is 3. The van der Waals surface area contributed by atoms with E-state index in [0.717, 1.165) is 23.4 Å². The van der Waals surface area contributed by atoms with Crippen molar-refractivity contribution in [1.82, 2.24) is 9.78 Å². The quantitative estimate of drug-likeness (QED) is 0.798. The number of anilines is 1. The number of rotatable bonds is 4. The molecule has 1 aromatic heterocycles. The van der Waals surface area contributed by atoms with Crippen molar-refractivity contribution in [2.45, 2.75) is 6.42 Å². The molecule has 0 saturated carbocycles. The molecule has 0 atom stereocenters. The van der Waals surface area contributed by atoms with E-state index in [9.17, 15) is 0 Å². The van der Waals surface area contributed by atoms with Crippen LogP contribution in [-0.2, 0) is 6.42 Å². The Hall–Kier alpha value is -2.75. The van der Waals surface area contributed by atoms with Crippen molar-refractivity contribution >= 4 is 5.82 Å². The van der Waals surface area contributed by atoms with Gasteiger partial charge in [-0.15, -0.1) is 0 Å². The van der Waals surface area contributed by atoms with Crippen molar-refractivity contribution in [3.63, 3.8) is 0 Å². The molecule has 0 spiro atoms. The summed E-state index contributed by atoms with van der Waals surface area (Å²) >= 11 is 0. The van der Waals surface area contributed by atoms with E-state index in [2.05, 4.69) is 5.10 Å². The molecule has 0 unspecified atom stereocenters. The summed E-state index contributed by atoms with van der Waals surface area (Å²) in [6.07, 6.45) is 2.58. The first-order valence-corrected chi connectivity index (χ1v) is 6.78. The Balaban J connectivity index is 1.85. The first-order valence-electron chi connectivity index (χ1n) is 6.78. The lowest BCUT2D eigenvalue weighted by atomic mass is 10.1. The molecule has 3 rings (SSSR count). The molecule has 0 saturated heterocycles. The molecule has 0 radical (unpaired) electrons. The second kappa shape index (κ2) is 5.71. The van der Waals surface area contributed by atoms with Crippen LogP contribution in [0, 0.1) is 0 Å². The highest BCUT2D eigenvalue weighted by Gasteiger charge is 2.09. The monoisotopic (exact) mass is 279 g/mol. The molecule has 0 aliphatic heterocycles. The molecule has 0 amide bonds. The van der Waals surface area contributed by atoms with E-state index in [-0.39, 0.29) is 0 Å². The van der Waals surface area contributed by atoms with Gasteiger partial charge in [-0.3, -0.25) is 0 Å². The first-order chi connectivity index (χ1) is 10.3. The predicted octanol–water partition coefficient (Wildman–Crippen LogP) is 3.05. The molecule has 2 aromatic carbocycles. The molecule has 2 N–H and O–H groups in total. The summed E-state index contributed by atoms with van der Waals surface area (Å²) in [6.45, 7) is 0. The van der Waals surface area contributed by atoms with Crippen LogP contribution in [0.1, 0.15) is 11.1 Å². The lowest BCUT2D eigenvalue weighted by Crippen LogP contribution is -2.03. The lowest BCUT2D eigenvalue weighted by molar-refractivity contribution is 0.414. The Kier molecular flexibility index (Phi) is 3.60. The van der Waals surface area contributed by atoms with Gasteiger partial charge in [0.25, 0.3) is 0 Å². The van der Waals surface area contributed by atoms with E-state index in [1.807, 2.05) is 60.8 Å². The standard InChI is InChI=1S/C17H17N3O/c1-21-16-9-7-13(8-10-16)11-14-12-19-20(17(14)18)15-5-3-2-4-6-15/h2-10,12H,11,18H2,1H3. The SMILES string of the molecule is COc1ccc(Cc2cnn(-c3ccccc3)c2N)cc1. The molecular weight excluding hydrogens is 262 g/mol. The van der Waals surface area contributed by atoms with Gasteiger partial charge in [0.15, 0.2) is 0 Å².